The first kappa shape index (κ1) is 16.4. The number of hydrogen-bond acceptors (Lipinski definition) is 3. The van der Waals surface area contributed by atoms with E-state index in [4.69, 9.17) is 11.6 Å². The molecule has 0 aromatic heterocycles. The Morgan fingerprint density at radius 2 is 1.91 bits per heavy atom. The molecular weight excluding hydrogens is 320 g/mol. The maximum atomic E-state index is 11.9. The van der Waals surface area contributed by atoms with Crippen molar-refractivity contribution >= 4 is 40.9 Å². The summed E-state index contributed by atoms with van der Waals surface area (Å²) in [6.45, 7) is -0.102. The molecular formula is C16H15ClN2O2S. The highest BCUT2D eigenvalue weighted by Crippen LogP contribution is 2.18. The molecule has 22 heavy (non-hydrogen) atoms. The van der Waals surface area contributed by atoms with Crippen molar-refractivity contribution in [2.45, 2.75) is 4.90 Å². The fourth-order valence-electron chi connectivity index (χ4n) is 1.80. The average molecular weight is 335 g/mol. The van der Waals surface area contributed by atoms with Crippen LogP contribution in [0.15, 0.2) is 53.4 Å². The van der Waals surface area contributed by atoms with Gasteiger partial charge in [-0.05, 0) is 42.7 Å². The minimum absolute atomic E-state index is 0.102. The summed E-state index contributed by atoms with van der Waals surface area (Å²) in [5.74, 6) is -0.621. The molecule has 0 atom stereocenters. The number of anilines is 1. The summed E-state index contributed by atoms with van der Waals surface area (Å²) in [7, 11) is 0. The van der Waals surface area contributed by atoms with E-state index < -0.39 is 0 Å². The van der Waals surface area contributed by atoms with Gasteiger partial charge in [0.2, 0.25) is 5.91 Å². The second kappa shape index (κ2) is 7.87. The van der Waals surface area contributed by atoms with E-state index >= 15 is 0 Å². The summed E-state index contributed by atoms with van der Waals surface area (Å²) < 4.78 is 0. The maximum Gasteiger partial charge on any atom is 0.251 e. The number of carbonyl (C=O) groups is 2. The van der Waals surface area contributed by atoms with Gasteiger partial charge in [-0.2, -0.15) is 0 Å². The van der Waals surface area contributed by atoms with Crippen molar-refractivity contribution in [1.29, 1.82) is 0 Å². The van der Waals surface area contributed by atoms with Crippen LogP contribution in [0.1, 0.15) is 10.4 Å². The Kier molecular flexibility index (Phi) is 5.86. The molecule has 2 amide bonds. The highest BCUT2D eigenvalue weighted by atomic mass is 35.5. The number of halogens is 1. The van der Waals surface area contributed by atoms with Gasteiger partial charge in [-0.25, -0.2) is 0 Å². The molecule has 0 fully saturated rings. The minimum Gasteiger partial charge on any atom is -0.343 e. The molecule has 114 valence electrons. The van der Waals surface area contributed by atoms with E-state index in [1.807, 2.05) is 24.5 Å². The van der Waals surface area contributed by atoms with Crippen molar-refractivity contribution in [2.24, 2.45) is 0 Å². The van der Waals surface area contributed by atoms with Crippen LogP contribution in [0.2, 0.25) is 5.02 Å². The Bertz CT molecular complexity index is 691. The van der Waals surface area contributed by atoms with Crippen LogP contribution in [-0.2, 0) is 4.79 Å². The first-order valence-corrected chi connectivity index (χ1v) is 8.16. The van der Waals surface area contributed by atoms with Crippen LogP contribution in [0.4, 0.5) is 5.69 Å². The Balaban J connectivity index is 1.88. The van der Waals surface area contributed by atoms with Crippen LogP contribution < -0.4 is 10.6 Å². The van der Waals surface area contributed by atoms with Crippen molar-refractivity contribution in [3.8, 4) is 0 Å². The summed E-state index contributed by atoms with van der Waals surface area (Å²) in [5, 5.41) is 5.78. The predicted octanol–water partition coefficient (Wildman–Crippen LogP) is 3.43. The van der Waals surface area contributed by atoms with Crippen LogP contribution in [0.3, 0.4) is 0 Å². The topological polar surface area (TPSA) is 58.2 Å². The molecule has 0 saturated carbocycles. The third-order valence-corrected chi connectivity index (χ3v) is 3.81. The van der Waals surface area contributed by atoms with Gasteiger partial charge in [-0.1, -0.05) is 23.7 Å². The average Bonchev–Trinajstić information content (AvgIpc) is 2.52. The van der Waals surface area contributed by atoms with Crippen molar-refractivity contribution in [3.05, 3.63) is 59.1 Å². The number of amides is 2. The SMILES string of the molecule is CSc1cccc(NC(=O)CNC(=O)c2cccc(Cl)c2)c1. The zero-order valence-corrected chi connectivity index (χ0v) is 13.5. The molecule has 0 radical (unpaired) electrons. The largest absolute Gasteiger partial charge is 0.343 e. The maximum absolute atomic E-state index is 11.9. The predicted molar refractivity (Wildman–Crippen MR) is 90.6 cm³/mol. The summed E-state index contributed by atoms with van der Waals surface area (Å²) in [6.07, 6.45) is 1.96. The lowest BCUT2D eigenvalue weighted by Crippen LogP contribution is -2.32. The number of benzene rings is 2. The molecule has 4 nitrogen and oxygen atoms in total. The smallest absolute Gasteiger partial charge is 0.251 e. The highest BCUT2D eigenvalue weighted by Gasteiger charge is 2.08. The van der Waals surface area contributed by atoms with E-state index in [2.05, 4.69) is 10.6 Å². The molecule has 0 aliphatic carbocycles. The molecule has 2 aromatic carbocycles. The molecule has 0 unspecified atom stereocenters. The molecule has 0 spiro atoms. The lowest BCUT2D eigenvalue weighted by atomic mass is 10.2. The Labute approximate surface area is 138 Å². The first-order valence-electron chi connectivity index (χ1n) is 6.56. The van der Waals surface area contributed by atoms with Gasteiger partial charge in [-0.3, -0.25) is 9.59 Å². The van der Waals surface area contributed by atoms with Crippen molar-refractivity contribution in [3.63, 3.8) is 0 Å². The van der Waals surface area contributed by atoms with Crippen molar-refractivity contribution in [2.75, 3.05) is 18.1 Å². The molecule has 0 saturated heterocycles. The molecule has 0 bridgehead atoms. The summed E-state index contributed by atoms with van der Waals surface area (Å²) in [4.78, 5) is 24.8. The van der Waals surface area contributed by atoms with Gasteiger partial charge < -0.3 is 10.6 Å². The van der Waals surface area contributed by atoms with Gasteiger partial charge in [0.1, 0.15) is 0 Å². The van der Waals surface area contributed by atoms with E-state index in [-0.39, 0.29) is 18.4 Å². The van der Waals surface area contributed by atoms with Crippen LogP contribution in [0, 0.1) is 0 Å². The Morgan fingerprint density at radius 1 is 1.14 bits per heavy atom. The zero-order valence-electron chi connectivity index (χ0n) is 11.9. The molecule has 0 aliphatic rings. The van der Waals surface area contributed by atoms with Crippen LogP contribution in [0.5, 0.6) is 0 Å². The van der Waals surface area contributed by atoms with E-state index in [9.17, 15) is 9.59 Å². The van der Waals surface area contributed by atoms with E-state index in [0.717, 1.165) is 4.90 Å². The normalized spacial score (nSPS) is 10.1. The van der Waals surface area contributed by atoms with Crippen molar-refractivity contribution in [1.82, 2.24) is 5.32 Å². The van der Waals surface area contributed by atoms with Gasteiger partial charge in [0.25, 0.3) is 5.91 Å². The molecule has 6 heteroatoms. The molecule has 0 aliphatic heterocycles. The second-order valence-electron chi connectivity index (χ2n) is 4.47. The number of nitrogens with one attached hydrogen (secondary N) is 2. The number of thioether (sulfide) groups is 1. The zero-order chi connectivity index (χ0) is 15.9. The minimum atomic E-state index is -0.337. The molecule has 2 aromatic rings. The van der Waals surface area contributed by atoms with E-state index in [1.54, 1.807) is 42.1 Å². The van der Waals surface area contributed by atoms with Gasteiger partial charge in [-0.15, -0.1) is 11.8 Å². The fourth-order valence-corrected chi connectivity index (χ4v) is 2.45. The Morgan fingerprint density at radius 3 is 2.64 bits per heavy atom. The van der Waals surface area contributed by atoms with E-state index in [1.165, 1.54) is 0 Å². The molecule has 0 heterocycles. The second-order valence-corrected chi connectivity index (χ2v) is 5.79. The van der Waals surface area contributed by atoms with Crippen LogP contribution >= 0.6 is 23.4 Å². The molecule has 2 N–H and O–H groups in total. The van der Waals surface area contributed by atoms with Gasteiger partial charge in [0.05, 0.1) is 6.54 Å². The monoisotopic (exact) mass is 334 g/mol. The van der Waals surface area contributed by atoms with Crippen molar-refractivity contribution < 1.29 is 9.59 Å². The van der Waals surface area contributed by atoms with Crippen LogP contribution in [-0.4, -0.2) is 24.6 Å². The lowest BCUT2D eigenvalue weighted by molar-refractivity contribution is -0.115. The van der Waals surface area contributed by atoms with Gasteiger partial charge >= 0.3 is 0 Å². The van der Waals surface area contributed by atoms with Gasteiger partial charge in [0, 0.05) is 21.2 Å². The summed E-state index contributed by atoms with van der Waals surface area (Å²) in [5.41, 5.74) is 1.12. The molecule has 2 rings (SSSR count). The number of hydrogen-bond donors (Lipinski definition) is 2. The third-order valence-electron chi connectivity index (χ3n) is 2.85. The summed E-state index contributed by atoms with van der Waals surface area (Å²) >= 11 is 7.42. The Hall–Kier alpha value is -1.98. The highest BCUT2D eigenvalue weighted by molar-refractivity contribution is 7.98. The number of carbonyl (C=O) groups excluding carboxylic acids is 2. The lowest BCUT2D eigenvalue weighted by Gasteiger charge is -2.08. The fraction of sp³-hybridized carbons (Fsp3) is 0.125. The standard InChI is InChI=1S/C16H15ClN2O2S/c1-22-14-7-3-6-13(9-14)19-15(20)10-18-16(21)11-4-2-5-12(17)8-11/h2-9H,10H2,1H3,(H,18,21)(H,19,20). The van der Waals surface area contributed by atoms with Gasteiger partial charge in [0.15, 0.2) is 0 Å². The van der Waals surface area contributed by atoms with Crippen LogP contribution in [0.25, 0.3) is 0 Å². The first-order chi connectivity index (χ1) is 10.6. The van der Waals surface area contributed by atoms with E-state index in [0.29, 0.717) is 16.3 Å². The number of rotatable bonds is 5. The summed E-state index contributed by atoms with van der Waals surface area (Å²) in [6, 6.07) is 14.1. The quantitative estimate of drug-likeness (QED) is 0.824. The third kappa shape index (κ3) is 4.79.